The van der Waals surface area contributed by atoms with Gasteiger partial charge < -0.3 is 0 Å². The fraction of sp³-hybridized carbons (Fsp3) is 0.533. The van der Waals surface area contributed by atoms with Gasteiger partial charge in [0.2, 0.25) is 0 Å². The summed E-state index contributed by atoms with van der Waals surface area (Å²) >= 11 is 0. The summed E-state index contributed by atoms with van der Waals surface area (Å²) in [7, 11) is 0. The first-order chi connectivity index (χ1) is 8.33. The van der Waals surface area contributed by atoms with E-state index in [-0.39, 0.29) is 24.2 Å². The van der Waals surface area contributed by atoms with Gasteiger partial charge in [0.1, 0.15) is 0 Å². The average molecular weight is 268 g/mol. The molecule has 100 valence electrons. The van der Waals surface area contributed by atoms with Crippen LogP contribution in [-0.2, 0) is 0 Å². The van der Waals surface area contributed by atoms with Crippen LogP contribution in [0, 0.1) is 0 Å². The highest BCUT2D eigenvalue weighted by Gasteiger charge is 2.25. The quantitative estimate of drug-likeness (QED) is 0.778. The zero-order valence-corrected chi connectivity index (χ0v) is 11.8. The summed E-state index contributed by atoms with van der Waals surface area (Å²) in [6.07, 6.45) is 4.69. The van der Waals surface area contributed by atoms with Crippen molar-refractivity contribution >= 4 is 18.2 Å². The molecule has 1 aliphatic heterocycles. The number of carbonyl (C=O) groups excluding carboxylic acids is 1. The Kier molecular flexibility index (Phi) is 6.37. The molecule has 1 heterocycles. The average Bonchev–Trinajstić information content (AvgIpc) is 2.42. The highest BCUT2D eigenvalue weighted by Crippen LogP contribution is 2.17. The van der Waals surface area contributed by atoms with Crippen molar-refractivity contribution in [2.24, 2.45) is 0 Å². The molecule has 1 fully saturated rings. The van der Waals surface area contributed by atoms with Crippen LogP contribution in [-0.4, -0.2) is 29.8 Å². The highest BCUT2D eigenvalue weighted by atomic mass is 35.5. The van der Waals surface area contributed by atoms with Crippen LogP contribution < -0.4 is 0 Å². The van der Waals surface area contributed by atoms with E-state index in [0.717, 1.165) is 25.1 Å². The highest BCUT2D eigenvalue weighted by molar-refractivity contribution is 6.00. The molecule has 1 unspecified atom stereocenters. The number of hydrogen-bond donors (Lipinski definition) is 0. The largest absolute Gasteiger partial charge is 0.293 e. The number of hydrogen-bond acceptors (Lipinski definition) is 2. The van der Waals surface area contributed by atoms with Crippen LogP contribution in [0.25, 0.3) is 0 Å². The Balaban J connectivity index is 0.00000162. The third-order valence-corrected chi connectivity index (χ3v) is 3.58. The van der Waals surface area contributed by atoms with Crippen molar-refractivity contribution < 1.29 is 4.79 Å². The molecule has 2 rings (SSSR count). The molecule has 0 radical (unpaired) electrons. The van der Waals surface area contributed by atoms with E-state index < -0.39 is 0 Å². The molecular formula is C15H22ClNO. The van der Waals surface area contributed by atoms with Gasteiger partial charge in [-0.3, -0.25) is 9.69 Å². The summed E-state index contributed by atoms with van der Waals surface area (Å²) in [5.41, 5.74) is 0.852. The molecule has 0 saturated carbocycles. The summed E-state index contributed by atoms with van der Waals surface area (Å²) in [5.74, 6) is 0.287. The van der Waals surface area contributed by atoms with Crippen molar-refractivity contribution in [2.75, 3.05) is 13.1 Å². The molecule has 1 atom stereocenters. The minimum absolute atomic E-state index is 0. The molecule has 0 amide bonds. The van der Waals surface area contributed by atoms with E-state index in [1.165, 1.54) is 19.3 Å². The van der Waals surface area contributed by atoms with Crippen molar-refractivity contribution in [1.82, 2.24) is 4.90 Å². The minimum atomic E-state index is 0. The van der Waals surface area contributed by atoms with Crippen molar-refractivity contribution in [1.29, 1.82) is 0 Å². The Morgan fingerprint density at radius 3 is 2.33 bits per heavy atom. The molecule has 0 bridgehead atoms. The van der Waals surface area contributed by atoms with Gasteiger partial charge in [0.25, 0.3) is 0 Å². The van der Waals surface area contributed by atoms with E-state index in [1.807, 2.05) is 30.3 Å². The van der Waals surface area contributed by atoms with Crippen molar-refractivity contribution in [3.63, 3.8) is 0 Å². The van der Waals surface area contributed by atoms with Gasteiger partial charge in [0.15, 0.2) is 5.78 Å². The maximum absolute atomic E-state index is 12.4. The third kappa shape index (κ3) is 3.56. The summed E-state index contributed by atoms with van der Waals surface area (Å²) in [6, 6.07) is 9.77. The van der Waals surface area contributed by atoms with Crippen molar-refractivity contribution in [3.8, 4) is 0 Å². The molecular weight excluding hydrogens is 246 g/mol. The van der Waals surface area contributed by atoms with Gasteiger partial charge in [-0.05, 0) is 32.4 Å². The van der Waals surface area contributed by atoms with Gasteiger partial charge in [-0.1, -0.05) is 43.7 Å². The predicted octanol–water partition coefficient (Wildman–Crippen LogP) is 3.56. The van der Waals surface area contributed by atoms with Crippen LogP contribution in [0.1, 0.15) is 43.0 Å². The molecule has 0 aliphatic carbocycles. The number of likely N-dealkylation sites (tertiary alicyclic amines) is 1. The number of rotatable bonds is 4. The topological polar surface area (TPSA) is 20.3 Å². The number of benzene rings is 1. The summed E-state index contributed by atoms with van der Waals surface area (Å²) < 4.78 is 0. The SMILES string of the molecule is CCC(C(=O)c1ccccc1)N1CCCCC1.Cl. The molecule has 0 aromatic heterocycles. The van der Waals surface area contributed by atoms with Crippen LogP contribution in [0.5, 0.6) is 0 Å². The van der Waals surface area contributed by atoms with Crippen LogP contribution in [0.2, 0.25) is 0 Å². The zero-order chi connectivity index (χ0) is 12.1. The van der Waals surface area contributed by atoms with E-state index in [0.29, 0.717) is 0 Å². The Bertz CT molecular complexity index is 360. The zero-order valence-electron chi connectivity index (χ0n) is 11.0. The summed E-state index contributed by atoms with van der Waals surface area (Å²) in [5, 5.41) is 0. The standard InChI is InChI=1S/C15H21NO.ClH/c1-2-14(16-11-7-4-8-12-16)15(17)13-9-5-3-6-10-13;/h3,5-6,9-10,14H,2,4,7-8,11-12H2,1H3;1H. The van der Waals surface area contributed by atoms with E-state index in [9.17, 15) is 4.79 Å². The monoisotopic (exact) mass is 267 g/mol. The van der Waals surface area contributed by atoms with Gasteiger partial charge in [0, 0.05) is 5.56 Å². The number of nitrogens with zero attached hydrogens (tertiary/aromatic N) is 1. The van der Waals surface area contributed by atoms with E-state index in [4.69, 9.17) is 0 Å². The molecule has 18 heavy (non-hydrogen) atoms. The van der Waals surface area contributed by atoms with Crippen LogP contribution in [0.3, 0.4) is 0 Å². The Morgan fingerprint density at radius 1 is 1.17 bits per heavy atom. The van der Waals surface area contributed by atoms with E-state index in [1.54, 1.807) is 0 Å². The Labute approximate surface area is 116 Å². The van der Waals surface area contributed by atoms with Crippen LogP contribution >= 0.6 is 12.4 Å². The third-order valence-electron chi connectivity index (χ3n) is 3.58. The van der Waals surface area contributed by atoms with Crippen LogP contribution in [0.4, 0.5) is 0 Å². The maximum atomic E-state index is 12.4. The second-order valence-corrected chi connectivity index (χ2v) is 4.75. The number of Topliss-reactive ketones (excluding diaryl/α,β-unsaturated/α-hetero) is 1. The predicted molar refractivity (Wildman–Crippen MR) is 77.5 cm³/mol. The van der Waals surface area contributed by atoms with Gasteiger partial charge in [-0.15, -0.1) is 12.4 Å². The number of ketones is 1. The smallest absolute Gasteiger partial charge is 0.179 e. The van der Waals surface area contributed by atoms with Crippen LogP contribution in [0.15, 0.2) is 30.3 Å². The Morgan fingerprint density at radius 2 is 1.78 bits per heavy atom. The van der Waals surface area contributed by atoms with Gasteiger partial charge >= 0.3 is 0 Å². The minimum Gasteiger partial charge on any atom is -0.293 e. The van der Waals surface area contributed by atoms with Gasteiger partial charge in [0.05, 0.1) is 6.04 Å². The molecule has 1 saturated heterocycles. The van der Waals surface area contributed by atoms with E-state index in [2.05, 4.69) is 11.8 Å². The molecule has 3 heteroatoms. The lowest BCUT2D eigenvalue weighted by molar-refractivity contribution is 0.0777. The summed E-state index contributed by atoms with van der Waals surface area (Å²) in [4.78, 5) is 14.8. The normalized spacial score (nSPS) is 17.8. The molecule has 2 nitrogen and oxygen atoms in total. The number of halogens is 1. The molecule has 1 aromatic rings. The second-order valence-electron chi connectivity index (χ2n) is 4.75. The fourth-order valence-electron chi connectivity index (χ4n) is 2.63. The van der Waals surface area contributed by atoms with Gasteiger partial charge in [-0.2, -0.15) is 0 Å². The number of carbonyl (C=O) groups is 1. The Hall–Kier alpha value is -0.860. The van der Waals surface area contributed by atoms with Gasteiger partial charge in [-0.25, -0.2) is 0 Å². The molecule has 1 aromatic carbocycles. The summed E-state index contributed by atoms with van der Waals surface area (Å²) in [6.45, 7) is 4.27. The second kappa shape index (κ2) is 7.55. The molecule has 1 aliphatic rings. The van der Waals surface area contributed by atoms with Crippen molar-refractivity contribution in [2.45, 2.75) is 38.6 Å². The lowest BCUT2D eigenvalue weighted by Crippen LogP contribution is -2.43. The fourth-order valence-corrected chi connectivity index (χ4v) is 2.63. The molecule has 0 N–H and O–H groups in total. The van der Waals surface area contributed by atoms with E-state index >= 15 is 0 Å². The number of piperidine rings is 1. The molecule has 0 spiro atoms. The maximum Gasteiger partial charge on any atom is 0.179 e. The first kappa shape index (κ1) is 15.2. The first-order valence-electron chi connectivity index (χ1n) is 6.66. The first-order valence-corrected chi connectivity index (χ1v) is 6.66. The van der Waals surface area contributed by atoms with Crippen molar-refractivity contribution in [3.05, 3.63) is 35.9 Å². The lowest BCUT2D eigenvalue weighted by Gasteiger charge is -2.33. The lowest BCUT2D eigenvalue weighted by atomic mass is 9.98.